The molecule has 1 aromatic rings. The summed E-state index contributed by atoms with van der Waals surface area (Å²) >= 11 is 12.0. The van der Waals surface area contributed by atoms with Gasteiger partial charge in [-0.3, -0.25) is 4.79 Å². The Kier molecular flexibility index (Phi) is 8.52. The van der Waals surface area contributed by atoms with Crippen LogP contribution in [0.3, 0.4) is 0 Å². The first-order chi connectivity index (χ1) is 8.86. The van der Waals surface area contributed by atoms with Gasteiger partial charge in [-0.15, -0.1) is 12.4 Å². The van der Waals surface area contributed by atoms with Gasteiger partial charge in [0.1, 0.15) is 0 Å². The zero-order valence-electron chi connectivity index (χ0n) is 11.8. The zero-order valence-corrected chi connectivity index (χ0v) is 14.1. The maximum Gasteiger partial charge on any atom is 0.237 e. The molecular formula is C14H21Cl3N2O. The third-order valence-corrected chi connectivity index (χ3v) is 3.91. The summed E-state index contributed by atoms with van der Waals surface area (Å²) in [7, 11) is 0. The van der Waals surface area contributed by atoms with Crippen molar-refractivity contribution in [1.29, 1.82) is 0 Å². The minimum atomic E-state index is -0.501. The van der Waals surface area contributed by atoms with Gasteiger partial charge >= 0.3 is 0 Å². The monoisotopic (exact) mass is 338 g/mol. The number of nitrogens with two attached hydrogens (primary N) is 1. The van der Waals surface area contributed by atoms with E-state index in [1.807, 2.05) is 26.8 Å². The lowest BCUT2D eigenvalue weighted by Crippen LogP contribution is -2.45. The van der Waals surface area contributed by atoms with E-state index in [0.29, 0.717) is 10.0 Å². The molecule has 0 bridgehead atoms. The van der Waals surface area contributed by atoms with Crippen molar-refractivity contribution in [2.24, 2.45) is 11.7 Å². The van der Waals surface area contributed by atoms with Crippen LogP contribution in [0.4, 0.5) is 0 Å². The van der Waals surface area contributed by atoms with Crippen LogP contribution >= 0.6 is 35.6 Å². The van der Waals surface area contributed by atoms with Gasteiger partial charge in [0.25, 0.3) is 0 Å². The molecule has 1 amide bonds. The van der Waals surface area contributed by atoms with Crippen LogP contribution in [0.15, 0.2) is 18.2 Å². The molecule has 0 radical (unpaired) electrons. The van der Waals surface area contributed by atoms with E-state index in [0.717, 1.165) is 12.0 Å². The number of hydrogen-bond acceptors (Lipinski definition) is 2. The molecule has 0 aliphatic heterocycles. The van der Waals surface area contributed by atoms with Gasteiger partial charge in [0.2, 0.25) is 5.91 Å². The van der Waals surface area contributed by atoms with E-state index in [4.69, 9.17) is 28.9 Å². The van der Waals surface area contributed by atoms with Crippen molar-refractivity contribution in [3.8, 4) is 0 Å². The molecule has 0 fully saturated rings. The highest BCUT2D eigenvalue weighted by molar-refractivity contribution is 6.35. The standard InChI is InChI=1S/C14H20Cl2N2O.ClH/c1-4-8(2)13(17)14(19)18-9(3)11-6-5-10(15)7-12(11)16;/h5-9,13H,4,17H2,1-3H3,(H,18,19);1H. The average molecular weight is 340 g/mol. The molecule has 0 heterocycles. The Bertz CT molecular complexity index is 454. The van der Waals surface area contributed by atoms with Crippen LogP contribution < -0.4 is 11.1 Å². The number of halogens is 3. The Labute approximate surface area is 136 Å². The second-order valence-electron chi connectivity index (χ2n) is 4.81. The van der Waals surface area contributed by atoms with Gasteiger partial charge in [-0.05, 0) is 30.5 Å². The molecule has 1 rings (SSSR count). The second kappa shape index (κ2) is 8.73. The number of benzene rings is 1. The molecule has 3 N–H and O–H groups in total. The van der Waals surface area contributed by atoms with Gasteiger partial charge in [-0.25, -0.2) is 0 Å². The topological polar surface area (TPSA) is 55.1 Å². The molecular weight excluding hydrogens is 319 g/mol. The molecule has 3 nitrogen and oxygen atoms in total. The van der Waals surface area contributed by atoms with Crippen molar-refractivity contribution in [2.45, 2.75) is 39.3 Å². The van der Waals surface area contributed by atoms with E-state index >= 15 is 0 Å². The fourth-order valence-electron chi connectivity index (χ4n) is 1.75. The molecule has 0 spiro atoms. The smallest absolute Gasteiger partial charge is 0.237 e. The summed E-state index contributed by atoms with van der Waals surface area (Å²) < 4.78 is 0. The third-order valence-electron chi connectivity index (χ3n) is 3.35. The lowest BCUT2D eigenvalue weighted by Gasteiger charge is -2.22. The molecule has 0 aliphatic carbocycles. The van der Waals surface area contributed by atoms with E-state index in [9.17, 15) is 4.79 Å². The van der Waals surface area contributed by atoms with Gasteiger partial charge in [0.15, 0.2) is 0 Å². The Morgan fingerprint density at radius 2 is 1.95 bits per heavy atom. The lowest BCUT2D eigenvalue weighted by molar-refractivity contribution is -0.124. The molecule has 6 heteroatoms. The summed E-state index contributed by atoms with van der Waals surface area (Å²) in [4.78, 5) is 12.0. The van der Waals surface area contributed by atoms with E-state index < -0.39 is 6.04 Å². The highest BCUT2D eigenvalue weighted by Crippen LogP contribution is 2.26. The SMILES string of the molecule is CCC(C)C(N)C(=O)NC(C)c1ccc(Cl)cc1Cl.Cl. The van der Waals surface area contributed by atoms with E-state index in [2.05, 4.69) is 5.32 Å². The predicted molar refractivity (Wildman–Crippen MR) is 87.7 cm³/mol. The maximum absolute atomic E-state index is 12.0. The van der Waals surface area contributed by atoms with Gasteiger partial charge < -0.3 is 11.1 Å². The molecule has 0 saturated carbocycles. The Morgan fingerprint density at radius 3 is 2.45 bits per heavy atom. The van der Waals surface area contributed by atoms with Gasteiger partial charge in [-0.2, -0.15) is 0 Å². The van der Waals surface area contributed by atoms with Crippen molar-refractivity contribution in [3.63, 3.8) is 0 Å². The highest BCUT2D eigenvalue weighted by Gasteiger charge is 2.21. The summed E-state index contributed by atoms with van der Waals surface area (Å²) in [5.74, 6) is -0.0132. The third kappa shape index (κ3) is 5.13. The molecule has 1 aromatic carbocycles. The Hall–Kier alpha value is -0.480. The largest absolute Gasteiger partial charge is 0.348 e. The van der Waals surface area contributed by atoms with Crippen LogP contribution in [-0.2, 0) is 4.79 Å². The van der Waals surface area contributed by atoms with Crippen LogP contribution in [0, 0.1) is 5.92 Å². The van der Waals surface area contributed by atoms with Crippen LogP contribution in [0.2, 0.25) is 10.0 Å². The molecule has 0 aliphatic rings. The fourth-order valence-corrected chi connectivity index (χ4v) is 2.32. The second-order valence-corrected chi connectivity index (χ2v) is 5.65. The van der Waals surface area contributed by atoms with Crippen LogP contribution in [-0.4, -0.2) is 11.9 Å². The van der Waals surface area contributed by atoms with Gasteiger partial charge in [-0.1, -0.05) is 49.5 Å². The van der Waals surface area contributed by atoms with E-state index in [1.165, 1.54) is 0 Å². The van der Waals surface area contributed by atoms with E-state index in [1.54, 1.807) is 12.1 Å². The van der Waals surface area contributed by atoms with Crippen LogP contribution in [0.5, 0.6) is 0 Å². The summed E-state index contributed by atoms with van der Waals surface area (Å²) in [6, 6.07) is 4.52. The van der Waals surface area contributed by atoms with Crippen molar-refractivity contribution >= 4 is 41.5 Å². The summed E-state index contributed by atoms with van der Waals surface area (Å²) in [5, 5.41) is 3.99. The minimum Gasteiger partial charge on any atom is -0.348 e. The van der Waals surface area contributed by atoms with Crippen molar-refractivity contribution in [3.05, 3.63) is 33.8 Å². The highest BCUT2D eigenvalue weighted by atomic mass is 35.5. The predicted octanol–water partition coefficient (Wildman–Crippen LogP) is 3.97. The Balaban J connectivity index is 0.00000361. The number of carbonyl (C=O) groups excluding carboxylic acids is 1. The van der Waals surface area contributed by atoms with Gasteiger partial charge in [0.05, 0.1) is 12.1 Å². The Morgan fingerprint density at radius 1 is 1.35 bits per heavy atom. The maximum atomic E-state index is 12.0. The summed E-state index contributed by atoms with van der Waals surface area (Å²) in [5.41, 5.74) is 6.72. The first kappa shape index (κ1) is 19.5. The first-order valence-corrected chi connectivity index (χ1v) is 7.13. The van der Waals surface area contributed by atoms with Crippen molar-refractivity contribution in [1.82, 2.24) is 5.32 Å². The lowest BCUT2D eigenvalue weighted by atomic mass is 9.98. The normalized spacial score (nSPS) is 14.9. The van der Waals surface area contributed by atoms with Crippen LogP contribution in [0.1, 0.15) is 38.8 Å². The van der Waals surface area contributed by atoms with Gasteiger partial charge in [0, 0.05) is 10.0 Å². The molecule has 3 atom stereocenters. The molecule has 20 heavy (non-hydrogen) atoms. The zero-order chi connectivity index (χ0) is 14.6. The van der Waals surface area contributed by atoms with E-state index in [-0.39, 0.29) is 30.3 Å². The number of nitrogens with one attached hydrogen (secondary N) is 1. The summed E-state index contributed by atoms with van der Waals surface area (Å²) in [6.07, 6.45) is 0.866. The number of amides is 1. The molecule has 0 aromatic heterocycles. The van der Waals surface area contributed by atoms with Crippen molar-refractivity contribution < 1.29 is 4.79 Å². The number of rotatable bonds is 5. The minimum absolute atomic E-state index is 0. The fraction of sp³-hybridized carbons (Fsp3) is 0.500. The molecule has 3 unspecified atom stereocenters. The quantitative estimate of drug-likeness (QED) is 0.853. The first-order valence-electron chi connectivity index (χ1n) is 6.37. The number of carbonyl (C=O) groups is 1. The van der Waals surface area contributed by atoms with Crippen molar-refractivity contribution in [2.75, 3.05) is 0 Å². The number of hydrogen-bond donors (Lipinski definition) is 2. The molecule has 114 valence electrons. The van der Waals surface area contributed by atoms with Crippen LogP contribution in [0.25, 0.3) is 0 Å². The molecule has 0 saturated heterocycles. The summed E-state index contributed by atoms with van der Waals surface area (Å²) in [6.45, 7) is 5.85. The average Bonchev–Trinajstić information content (AvgIpc) is 2.36.